The maximum atomic E-state index is 12.1. The van der Waals surface area contributed by atoms with Crippen molar-refractivity contribution in [2.75, 3.05) is 25.5 Å². The zero-order valence-corrected chi connectivity index (χ0v) is 16.3. The van der Waals surface area contributed by atoms with E-state index in [-0.39, 0.29) is 5.91 Å². The van der Waals surface area contributed by atoms with Gasteiger partial charge in [-0.25, -0.2) is 0 Å². The molecule has 3 rings (SSSR count). The molecule has 0 fully saturated rings. The van der Waals surface area contributed by atoms with Gasteiger partial charge in [0.05, 0.1) is 13.0 Å². The minimum atomic E-state index is -0.0234. The first-order chi connectivity index (χ1) is 13.6. The molecule has 3 heteroatoms. The molecule has 0 saturated heterocycles. The Labute approximate surface area is 167 Å². The van der Waals surface area contributed by atoms with Crippen molar-refractivity contribution in [1.82, 2.24) is 5.32 Å². The average molecular weight is 368 g/mol. The van der Waals surface area contributed by atoms with E-state index in [1.54, 1.807) is 0 Å². The van der Waals surface area contributed by atoms with Gasteiger partial charge >= 0.3 is 0 Å². The van der Waals surface area contributed by atoms with Crippen LogP contribution in [-0.4, -0.2) is 26.5 Å². The molecule has 0 saturated carbocycles. The van der Waals surface area contributed by atoms with E-state index in [2.05, 4.69) is 41.4 Å². The van der Waals surface area contributed by atoms with E-state index in [0.717, 1.165) is 22.4 Å². The number of carbonyl (C=O) groups excluding carboxylic acids is 1. The number of nitrogens with one attached hydrogen (secondary N) is 1. The molecular weight excluding hydrogens is 344 g/mol. The number of hydrogen-bond acceptors (Lipinski definition) is 2. The molecule has 28 heavy (non-hydrogen) atoms. The molecule has 3 aromatic carbocycles. The van der Waals surface area contributed by atoms with Gasteiger partial charge in [0, 0.05) is 25.3 Å². The molecule has 140 valence electrons. The summed E-state index contributed by atoms with van der Waals surface area (Å²) in [5.74, 6) is 6.05. The molecule has 0 atom stereocenters. The number of amides is 1. The van der Waals surface area contributed by atoms with Crippen molar-refractivity contribution in [3.05, 3.63) is 90.0 Å². The lowest BCUT2D eigenvalue weighted by molar-refractivity contribution is -0.120. The first kappa shape index (κ1) is 19.3. The minimum Gasteiger partial charge on any atom is -0.378 e. The first-order valence-electron chi connectivity index (χ1n) is 9.29. The van der Waals surface area contributed by atoms with Crippen molar-refractivity contribution < 1.29 is 4.79 Å². The third-order valence-electron chi connectivity index (χ3n) is 4.42. The minimum absolute atomic E-state index is 0.0234. The lowest BCUT2D eigenvalue weighted by Gasteiger charge is -2.11. The van der Waals surface area contributed by atoms with Crippen LogP contribution in [-0.2, 0) is 11.2 Å². The highest BCUT2D eigenvalue weighted by atomic mass is 16.1. The zero-order valence-electron chi connectivity index (χ0n) is 16.3. The van der Waals surface area contributed by atoms with Crippen LogP contribution in [0.2, 0.25) is 0 Å². The van der Waals surface area contributed by atoms with E-state index in [0.29, 0.717) is 13.0 Å². The average Bonchev–Trinajstić information content (AvgIpc) is 2.73. The SMILES string of the molecule is CN(C)c1ccc(C#CCNC(=O)Cc2ccc(-c3ccccc3)cc2)cc1. The molecule has 0 aliphatic carbocycles. The molecule has 3 aromatic rings. The van der Waals surface area contributed by atoms with Crippen LogP contribution in [0.15, 0.2) is 78.9 Å². The zero-order chi connectivity index (χ0) is 19.8. The predicted molar refractivity (Wildman–Crippen MR) is 116 cm³/mol. The van der Waals surface area contributed by atoms with Crippen LogP contribution in [0.25, 0.3) is 11.1 Å². The fourth-order valence-electron chi connectivity index (χ4n) is 2.83. The van der Waals surface area contributed by atoms with Crippen molar-refractivity contribution in [2.45, 2.75) is 6.42 Å². The predicted octanol–water partition coefficient (Wildman–Crippen LogP) is 4.13. The Morgan fingerprint density at radius 1 is 0.857 bits per heavy atom. The summed E-state index contributed by atoms with van der Waals surface area (Å²) >= 11 is 0. The van der Waals surface area contributed by atoms with Crippen molar-refractivity contribution in [2.24, 2.45) is 0 Å². The van der Waals surface area contributed by atoms with Gasteiger partial charge in [-0.15, -0.1) is 0 Å². The largest absolute Gasteiger partial charge is 0.378 e. The van der Waals surface area contributed by atoms with Crippen molar-refractivity contribution in [1.29, 1.82) is 0 Å². The molecule has 1 N–H and O–H groups in total. The highest BCUT2D eigenvalue weighted by Crippen LogP contribution is 2.19. The Hall–Kier alpha value is -3.51. The van der Waals surface area contributed by atoms with Crippen LogP contribution in [0.5, 0.6) is 0 Å². The Morgan fingerprint density at radius 2 is 1.50 bits per heavy atom. The number of hydrogen-bond donors (Lipinski definition) is 1. The van der Waals surface area contributed by atoms with Gasteiger partial charge in [0.15, 0.2) is 0 Å². The molecule has 0 aliphatic heterocycles. The van der Waals surface area contributed by atoms with Gasteiger partial charge in [0.25, 0.3) is 0 Å². The third-order valence-corrected chi connectivity index (χ3v) is 4.42. The number of benzene rings is 3. The van der Waals surface area contributed by atoms with Gasteiger partial charge < -0.3 is 10.2 Å². The van der Waals surface area contributed by atoms with Crippen molar-refractivity contribution in [3.8, 4) is 23.0 Å². The highest BCUT2D eigenvalue weighted by molar-refractivity contribution is 5.79. The van der Waals surface area contributed by atoms with E-state index in [1.807, 2.05) is 73.6 Å². The maximum Gasteiger partial charge on any atom is 0.225 e. The summed E-state index contributed by atoms with van der Waals surface area (Å²) in [5, 5.41) is 2.86. The van der Waals surface area contributed by atoms with E-state index in [9.17, 15) is 4.79 Å². The molecule has 0 bridgehead atoms. The van der Waals surface area contributed by atoms with Crippen LogP contribution in [0.4, 0.5) is 5.69 Å². The quantitative estimate of drug-likeness (QED) is 0.687. The number of anilines is 1. The summed E-state index contributed by atoms with van der Waals surface area (Å²) in [6.45, 7) is 0.344. The second kappa shape index (κ2) is 9.43. The van der Waals surface area contributed by atoms with Crippen LogP contribution >= 0.6 is 0 Å². The smallest absolute Gasteiger partial charge is 0.225 e. The van der Waals surface area contributed by atoms with E-state index in [4.69, 9.17) is 0 Å². The van der Waals surface area contributed by atoms with Crippen molar-refractivity contribution in [3.63, 3.8) is 0 Å². The second-order valence-electron chi connectivity index (χ2n) is 6.76. The van der Waals surface area contributed by atoms with Gasteiger partial charge in [0.2, 0.25) is 5.91 Å². The van der Waals surface area contributed by atoms with Crippen LogP contribution in [0.3, 0.4) is 0 Å². The number of rotatable bonds is 5. The van der Waals surface area contributed by atoms with Crippen LogP contribution in [0.1, 0.15) is 11.1 Å². The summed E-state index contributed by atoms with van der Waals surface area (Å²) in [7, 11) is 4.01. The normalized spacial score (nSPS) is 9.93. The molecule has 0 heterocycles. The lowest BCUT2D eigenvalue weighted by Crippen LogP contribution is -2.25. The topological polar surface area (TPSA) is 32.3 Å². The molecule has 0 radical (unpaired) electrons. The fourth-order valence-corrected chi connectivity index (χ4v) is 2.83. The molecule has 1 amide bonds. The second-order valence-corrected chi connectivity index (χ2v) is 6.76. The Bertz CT molecular complexity index is 963. The van der Waals surface area contributed by atoms with Gasteiger partial charge in [0.1, 0.15) is 0 Å². The summed E-state index contributed by atoms with van der Waals surface area (Å²) in [6, 6.07) is 26.3. The Morgan fingerprint density at radius 3 is 2.14 bits per heavy atom. The first-order valence-corrected chi connectivity index (χ1v) is 9.29. The van der Waals surface area contributed by atoms with Gasteiger partial charge in [-0.1, -0.05) is 66.4 Å². The molecule has 0 unspecified atom stereocenters. The Kier molecular flexibility index (Phi) is 6.49. The Balaban J connectivity index is 1.48. The standard InChI is InChI=1S/C25H24N2O/c1-27(2)24-16-12-20(13-17-24)7-6-18-26-25(28)19-21-10-14-23(15-11-21)22-8-4-3-5-9-22/h3-5,8-17H,18-19H2,1-2H3,(H,26,28). The van der Waals surface area contributed by atoms with Crippen molar-refractivity contribution >= 4 is 11.6 Å². The number of nitrogens with zero attached hydrogens (tertiary/aromatic N) is 1. The van der Waals surface area contributed by atoms with Gasteiger partial charge in [-0.05, 0) is 41.0 Å². The van der Waals surface area contributed by atoms with E-state index >= 15 is 0 Å². The molecule has 0 aliphatic rings. The summed E-state index contributed by atoms with van der Waals surface area (Å²) in [6.07, 6.45) is 0.355. The van der Waals surface area contributed by atoms with Crippen LogP contribution < -0.4 is 10.2 Å². The molecule has 0 spiro atoms. The molecular formula is C25H24N2O. The van der Waals surface area contributed by atoms with Crippen LogP contribution in [0, 0.1) is 11.8 Å². The van der Waals surface area contributed by atoms with Gasteiger partial charge in [-0.2, -0.15) is 0 Å². The third kappa shape index (κ3) is 5.49. The van der Waals surface area contributed by atoms with E-state index < -0.39 is 0 Å². The monoisotopic (exact) mass is 368 g/mol. The maximum absolute atomic E-state index is 12.1. The summed E-state index contributed by atoms with van der Waals surface area (Å²) in [4.78, 5) is 14.2. The fraction of sp³-hybridized carbons (Fsp3) is 0.160. The molecule has 0 aromatic heterocycles. The highest BCUT2D eigenvalue weighted by Gasteiger charge is 2.03. The summed E-state index contributed by atoms with van der Waals surface area (Å²) < 4.78 is 0. The van der Waals surface area contributed by atoms with E-state index in [1.165, 1.54) is 5.56 Å². The lowest BCUT2D eigenvalue weighted by atomic mass is 10.0. The number of carbonyl (C=O) groups is 1. The van der Waals surface area contributed by atoms with Gasteiger partial charge in [-0.3, -0.25) is 4.79 Å². The molecule has 3 nitrogen and oxygen atoms in total. The summed E-state index contributed by atoms with van der Waals surface area (Å²) in [5.41, 5.74) is 5.39.